The fraction of sp³-hybridized carbons (Fsp3) is 0.300. The van der Waals surface area contributed by atoms with Crippen LogP contribution in [0.5, 0.6) is 0 Å². The van der Waals surface area contributed by atoms with Crippen molar-refractivity contribution in [2.75, 3.05) is 11.9 Å². The third kappa shape index (κ3) is 1.36. The van der Waals surface area contributed by atoms with Crippen LogP contribution >= 0.6 is 0 Å². The van der Waals surface area contributed by atoms with E-state index >= 15 is 0 Å². The van der Waals surface area contributed by atoms with Crippen molar-refractivity contribution < 1.29 is 0 Å². The SMILES string of the molecule is N#Cc1cccc2c1NCC(N)C2. The molecule has 0 fully saturated rings. The van der Waals surface area contributed by atoms with Gasteiger partial charge in [-0.15, -0.1) is 0 Å². The standard InChI is InChI=1S/C10H11N3/c11-5-8-3-1-2-7-4-9(12)6-13-10(7)8/h1-3,9,13H,4,6,12H2. The maximum atomic E-state index is 8.84. The van der Waals surface area contributed by atoms with Crippen LogP contribution in [0.1, 0.15) is 11.1 Å². The van der Waals surface area contributed by atoms with Gasteiger partial charge in [-0.25, -0.2) is 0 Å². The molecule has 1 aromatic carbocycles. The van der Waals surface area contributed by atoms with Crippen molar-refractivity contribution in [1.29, 1.82) is 5.26 Å². The molecule has 0 amide bonds. The van der Waals surface area contributed by atoms with E-state index in [-0.39, 0.29) is 6.04 Å². The van der Waals surface area contributed by atoms with Gasteiger partial charge in [0.15, 0.2) is 0 Å². The molecule has 66 valence electrons. The fourth-order valence-corrected chi connectivity index (χ4v) is 1.66. The number of anilines is 1. The molecule has 0 saturated carbocycles. The Morgan fingerprint density at radius 3 is 3.15 bits per heavy atom. The molecule has 3 nitrogen and oxygen atoms in total. The molecule has 0 aromatic heterocycles. The van der Waals surface area contributed by atoms with Crippen molar-refractivity contribution in [3.63, 3.8) is 0 Å². The van der Waals surface area contributed by atoms with Crippen LogP contribution in [0, 0.1) is 11.3 Å². The van der Waals surface area contributed by atoms with Crippen LogP contribution in [0.15, 0.2) is 18.2 Å². The van der Waals surface area contributed by atoms with Crippen LogP contribution in [0.4, 0.5) is 5.69 Å². The molecular weight excluding hydrogens is 162 g/mol. The number of nitrogens with two attached hydrogens (primary N) is 1. The minimum Gasteiger partial charge on any atom is -0.382 e. The van der Waals surface area contributed by atoms with Gasteiger partial charge in [-0.2, -0.15) is 5.26 Å². The molecule has 1 heterocycles. The Morgan fingerprint density at radius 2 is 2.38 bits per heavy atom. The Hall–Kier alpha value is -1.53. The lowest BCUT2D eigenvalue weighted by Crippen LogP contribution is -2.35. The van der Waals surface area contributed by atoms with Crippen molar-refractivity contribution in [2.45, 2.75) is 12.5 Å². The van der Waals surface area contributed by atoms with Crippen LogP contribution in [-0.2, 0) is 6.42 Å². The van der Waals surface area contributed by atoms with Gasteiger partial charge in [0, 0.05) is 12.6 Å². The van der Waals surface area contributed by atoms with Gasteiger partial charge in [-0.05, 0) is 18.1 Å². The van der Waals surface area contributed by atoms with Crippen LogP contribution < -0.4 is 11.1 Å². The highest BCUT2D eigenvalue weighted by Gasteiger charge is 2.16. The monoisotopic (exact) mass is 173 g/mol. The van der Waals surface area contributed by atoms with Crippen molar-refractivity contribution >= 4 is 5.69 Å². The third-order valence-electron chi connectivity index (χ3n) is 2.29. The Balaban J connectivity index is 2.47. The molecule has 3 heteroatoms. The minimum atomic E-state index is 0.168. The summed E-state index contributed by atoms with van der Waals surface area (Å²) in [6, 6.07) is 8.07. The number of nitrogens with one attached hydrogen (secondary N) is 1. The molecule has 0 saturated heterocycles. The molecule has 1 aliphatic rings. The summed E-state index contributed by atoms with van der Waals surface area (Å²) in [7, 11) is 0. The van der Waals surface area contributed by atoms with Gasteiger partial charge in [0.05, 0.1) is 11.3 Å². The Labute approximate surface area is 77.2 Å². The Kier molecular flexibility index (Phi) is 1.91. The molecule has 1 aliphatic heterocycles. The number of hydrogen-bond acceptors (Lipinski definition) is 3. The van der Waals surface area contributed by atoms with E-state index in [4.69, 9.17) is 11.0 Å². The number of nitrogens with zero attached hydrogens (tertiary/aromatic N) is 1. The third-order valence-corrected chi connectivity index (χ3v) is 2.29. The summed E-state index contributed by atoms with van der Waals surface area (Å²) in [5.41, 5.74) is 8.62. The number of fused-ring (bicyclic) bond motifs is 1. The average Bonchev–Trinajstić information content (AvgIpc) is 2.16. The minimum absolute atomic E-state index is 0.168. The first kappa shape index (κ1) is 8.09. The normalized spacial score (nSPS) is 19.8. The van der Waals surface area contributed by atoms with Crippen molar-refractivity contribution in [1.82, 2.24) is 0 Å². The van der Waals surface area contributed by atoms with E-state index in [1.807, 2.05) is 18.2 Å². The van der Waals surface area contributed by atoms with Crippen molar-refractivity contribution in [2.24, 2.45) is 5.73 Å². The molecule has 1 aromatic rings. The molecule has 3 N–H and O–H groups in total. The highest BCUT2D eigenvalue weighted by atomic mass is 14.9. The van der Waals surface area contributed by atoms with Gasteiger partial charge < -0.3 is 11.1 Å². The number of rotatable bonds is 0. The van der Waals surface area contributed by atoms with Gasteiger partial charge in [-0.1, -0.05) is 12.1 Å². The summed E-state index contributed by atoms with van der Waals surface area (Å²) in [6.07, 6.45) is 0.859. The van der Waals surface area contributed by atoms with Gasteiger partial charge in [0.25, 0.3) is 0 Å². The zero-order chi connectivity index (χ0) is 9.26. The summed E-state index contributed by atoms with van der Waals surface area (Å²) in [5, 5.41) is 12.0. The summed E-state index contributed by atoms with van der Waals surface area (Å²) < 4.78 is 0. The van der Waals surface area contributed by atoms with Gasteiger partial charge >= 0.3 is 0 Å². The van der Waals surface area contributed by atoms with E-state index in [0.717, 1.165) is 24.2 Å². The summed E-state index contributed by atoms with van der Waals surface area (Å²) >= 11 is 0. The maximum absolute atomic E-state index is 8.84. The molecule has 1 atom stereocenters. The number of nitriles is 1. The first-order valence-electron chi connectivity index (χ1n) is 4.32. The molecule has 0 bridgehead atoms. The summed E-state index contributed by atoms with van der Waals surface area (Å²) in [4.78, 5) is 0. The van der Waals surface area contributed by atoms with E-state index in [0.29, 0.717) is 5.56 Å². The first-order valence-corrected chi connectivity index (χ1v) is 4.32. The zero-order valence-electron chi connectivity index (χ0n) is 7.25. The van der Waals surface area contributed by atoms with Gasteiger partial charge in [0.2, 0.25) is 0 Å². The topological polar surface area (TPSA) is 61.8 Å². The molecule has 0 radical (unpaired) electrons. The number of para-hydroxylation sites is 1. The van der Waals surface area contributed by atoms with E-state index in [9.17, 15) is 0 Å². The van der Waals surface area contributed by atoms with Gasteiger partial charge in [-0.3, -0.25) is 0 Å². The lowest BCUT2D eigenvalue weighted by Gasteiger charge is -2.23. The molecule has 0 spiro atoms. The molecule has 13 heavy (non-hydrogen) atoms. The van der Waals surface area contributed by atoms with Crippen molar-refractivity contribution in [3.05, 3.63) is 29.3 Å². The average molecular weight is 173 g/mol. The molecule has 1 unspecified atom stereocenters. The summed E-state index contributed by atoms with van der Waals surface area (Å²) in [5.74, 6) is 0. The lowest BCUT2D eigenvalue weighted by molar-refractivity contribution is 0.679. The fourth-order valence-electron chi connectivity index (χ4n) is 1.66. The summed E-state index contributed by atoms with van der Waals surface area (Å²) in [6.45, 7) is 0.756. The molecule has 0 aliphatic carbocycles. The second-order valence-corrected chi connectivity index (χ2v) is 3.30. The highest BCUT2D eigenvalue weighted by Crippen LogP contribution is 2.24. The lowest BCUT2D eigenvalue weighted by atomic mass is 9.97. The van der Waals surface area contributed by atoms with E-state index in [1.54, 1.807) is 0 Å². The highest BCUT2D eigenvalue weighted by molar-refractivity contribution is 5.64. The number of hydrogen-bond donors (Lipinski definition) is 2. The largest absolute Gasteiger partial charge is 0.382 e. The van der Waals surface area contributed by atoms with Crippen molar-refractivity contribution in [3.8, 4) is 6.07 Å². The second-order valence-electron chi connectivity index (χ2n) is 3.30. The van der Waals surface area contributed by atoms with Crippen LogP contribution in [0.25, 0.3) is 0 Å². The van der Waals surface area contributed by atoms with E-state index in [2.05, 4.69) is 11.4 Å². The Morgan fingerprint density at radius 1 is 1.54 bits per heavy atom. The number of benzene rings is 1. The van der Waals surface area contributed by atoms with E-state index < -0.39 is 0 Å². The van der Waals surface area contributed by atoms with Crippen LogP contribution in [-0.4, -0.2) is 12.6 Å². The second kappa shape index (κ2) is 3.08. The molecular formula is C10H11N3. The quantitative estimate of drug-likeness (QED) is 0.611. The maximum Gasteiger partial charge on any atom is 0.101 e. The van der Waals surface area contributed by atoms with Crippen LogP contribution in [0.3, 0.4) is 0 Å². The van der Waals surface area contributed by atoms with E-state index in [1.165, 1.54) is 0 Å². The van der Waals surface area contributed by atoms with Crippen LogP contribution in [0.2, 0.25) is 0 Å². The Bertz CT molecular complexity index is 365. The zero-order valence-corrected chi connectivity index (χ0v) is 7.25. The molecule has 2 rings (SSSR count). The predicted octanol–water partition coefficient (Wildman–Crippen LogP) is 0.854. The van der Waals surface area contributed by atoms with Gasteiger partial charge in [0.1, 0.15) is 6.07 Å². The predicted molar refractivity (Wildman–Crippen MR) is 51.3 cm³/mol. The smallest absolute Gasteiger partial charge is 0.101 e. The first-order chi connectivity index (χ1) is 6.31.